The smallest absolute Gasteiger partial charge is 0.306 e. The molecule has 1 saturated heterocycles. The van der Waals surface area contributed by atoms with E-state index in [0.717, 1.165) is 5.01 Å². The Morgan fingerprint density at radius 1 is 1.32 bits per heavy atom. The van der Waals surface area contributed by atoms with Crippen molar-refractivity contribution < 1.29 is 14.4 Å². The van der Waals surface area contributed by atoms with Crippen molar-refractivity contribution in [3.05, 3.63) is 29.3 Å². The summed E-state index contributed by atoms with van der Waals surface area (Å²) in [6, 6.07) is 5.20. The lowest BCUT2D eigenvalue weighted by atomic mass is 10.2. The van der Waals surface area contributed by atoms with Gasteiger partial charge in [0.15, 0.2) is 0 Å². The van der Waals surface area contributed by atoms with E-state index in [1.807, 2.05) is 0 Å². The molecular weight excluding hydrogens is 308 g/mol. The van der Waals surface area contributed by atoms with Gasteiger partial charge < -0.3 is 5.32 Å². The van der Waals surface area contributed by atoms with Gasteiger partial charge in [0.1, 0.15) is 11.9 Å². The number of nitrogens with one attached hydrogen (secondary N) is 1. The molecule has 0 aromatic heterocycles. The van der Waals surface area contributed by atoms with Crippen LogP contribution in [0.25, 0.3) is 0 Å². The van der Waals surface area contributed by atoms with Crippen LogP contribution in [0.15, 0.2) is 29.4 Å². The highest BCUT2D eigenvalue weighted by molar-refractivity contribution is 6.30. The summed E-state index contributed by atoms with van der Waals surface area (Å²) in [6.45, 7) is 1.60. The number of amidine groups is 1. The van der Waals surface area contributed by atoms with Gasteiger partial charge in [-0.15, -0.1) is 10.1 Å². The molecule has 2 aliphatic rings. The number of benzene rings is 1. The topological polar surface area (TPSA) is 82.1 Å². The van der Waals surface area contributed by atoms with E-state index in [0.29, 0.717) is 23.0 Å². The minimum absolute atomic E-state index is 0.141. The Morgan fingerprint density at radius 3 is 2.68 bits per heavy atom. The van der Waals surface area contributed by atoms with E-state index in [2.05, 4.69) is 10.4 Å². The maximum Gasteiger partial charge on any atom is 0.349 e. The summed E-state index contributed by atoms with van der Waals surface area (Å²) in [7, 11) is 0. The molecule has 8 heteroatoms. The van der Waals surface area contributed by atoms with Crippen molar-refractivity contribution in [2.24, 2.45) is 5.10 Å². The molecule has 0 saturated carbocycles. The zero-order valence-corrected chi connectivity index (χ0v) is 12.5. The zero-order valence-electron chi connectivity index (χ0n) is 11.7. The molecule has 1 aromatic carbocycles. The molecule has 0 bridgehead atoms. The van der Waals surface area contributed by atoms with Crippen LogP contribution in [0.3, 0.4) is 0 Å². The Balaban J connectivity index is 1.81. The van der Waals surface area contributed by atoms with Crippen molar-refractivity contribution >= 4 is 41.0 Å². The SMILES string of the molecule is CC1=NN(C(=O)Nc2ccc(Cl)cc2)C(=O)C2CCC(=O)N12. The van der Waals surface area contributed by atoms with E-state index in [4.69, 9.17) is 11.6 Å². The molecule has 0 spiro atoms. The first-order chi connectivity index (χ1) is 10.5. The molecule has 2 heterocycles. The summed E-state index contributed by atoms with van der Waals surface area (Å²) in [5.41, 5.74) is 0.500. The fraction of sp³-hybridized carbons (Fsp3) is 0.286. The fourth-order valence-corrected chi connectivity index (χ4v) is 2.69. The first-order valence-corrected chi connectivity index (χ1v) is 7.13. The Labute approximate surface area is 131 Å². The van der Waals surface area contributed by atoms with E-state index in [1.54, 1.807) is 31.2 Å². The number of hydrogen-bond donors (Lipinski definition) is 1. The van der Waals surface area contributed by atoms with Gasteiger partial charge in [-0.05, 0) is 37.6 Å². The summed E-state index contributed by atoms with van der Waals surface area (Å²) < 4.78 is 0. The third-order valence-corrected chi connectivity index (χ3v) is 3.84. The molecule has 7 nitrogen and oxygen atoms in total. The maximum absolute atomic E-state index is 12.3. The standard InChI is InChI=1S/C14H13ClN4O3/c1-8-17-19(13(21)11-6-7-12(20)18(8)11)14(22)16-10-4-2-9(15)3-5-10/h2-5,11H,6-7H2,1H3,(H,16,22). The van der Waals surface area contributed by atoms with Gasteiger partial charge in [-0.25, -0.2) is 4.79 Å². The second-order valence-electron chi connectivity index (χ2n) is 5.05. The highest BCUT2D eigenvalue weighted by atomic mass is 35.5. The van der Waals surface area contributed by atoms with Crippen LogP contribution >= 0.6 is 11.6 Å². The maximum atomic E-state index is 12.3. The number of carbonyl (C=O) groups is 3. The number of carbonyl (C=O) groups excluding carboxylic acids is 3. The highest BCUT2D eigenvalue weighted by Gasteiger charge is 2.45. The number of rotatable bonds is 1. The van der Waals surface area contributed by atoms with E-state index < -0.39 is 18.0 Å². The van der Waals surface area contributed by atoms with Gasteiger partial charge in [-0.1, -0.05) is 11.6 Å². The monoisotopic (exact) mass is 320 g/mol. The molecule has 1 aromatic rings. The van der Waals surface area contributed by atoms with Crippen LogP contribution < -0.4 is 5.32 Å². The molecule has 3 rings (SSSR count). The number of anilines is 1. The van der Waals surface area contributed by atoms with Crippen LogP contribution in [0, 0.1) is 0 Å². The van der Waals surface area contributed by atoms with Crippen LogP contribution in [-0.2, 0) is 9.59 Å². The molecule has 2 aliphatic heterocycles. The first-order valence-electron chi connectivity index (χ1n) is 6.75. The van der Waals surface area contributed by atoms with Crippen LogP contribution in [0.1, 0.15) is 19.8 Å². The number of urea groups is 1. The molecule has 22 heavy (non-hydrogen) atoms. The first kappa shape index (κ1) is 14.5. The number of nitrogens with zero attached hydrogens (tertiary/aromatic N) is 3. The van der Waals surface area contributed by atoms with Crippen molar-refractivity contribution in [3.8, 4) is 0 Å². The second kappa shape index (κ2) is 5.42. The molecule has 1 N–H and O–H groups in total. The van der Waals surface area contributed by atoms with Crippen molar-refractivity contribution in [3.63, 3.8) is 0 Å². The Kier molecular flexibility index (Phi) is 3.58. The fourth-order valence-electron chi connectivity index (χ4n) is 2.56. The van der Waals surface area contributed by atoms with E-state index in [9.17, 15) is 14.4 Å². The van der Waals surface area contributed by atoms with Crippen LogP contribution in [0.4, 0.5) is 10.5 Å². The number of halogens is 1. The number of fused-ring (bicyclic) bond motifs is 1. The molecule has 1 fully saturated rings. The molecule has 0 aliphatic carbocycles. The van der Waals surface area contributed by atoms with Crippen molar-refractivity contribution in [2.75, 3.05) is 5.32 Å². The molecular formula is C14H13ClN4O3. The van der Waals surface area contributed by atoms with Crippen LogP contribution in [0.5, 0.6) is 0 Å². The lowest BCUT2D eigenvalue weighted by Gasteiger charge is -2.31. The van der Waals surface area contributed by atoms with Gasteiger partial charge in [0.25, 0.3) is 5.91 Å². The third-order valence-electron chi connectivity index (χ3n) is 3.59. The summed E-state index contributed by atoms with van der Waals surface area (Å²) in [5.74, 6) is -0.293. The lowest BCUT2D eigenvalue weighted by Crippen LogP contribution is -2.54. The van der Waals surface area contributed by atoms with E-state index in [-0.39, 0.29) is 12.3 Å². The zero-order chi connectivity index (χ0) is 15.9. The number of hydrogen-bond acceptors (Lipinski definition) is 4. The Hall–Kier alpha value is -2.41. The minimum Gasteiger partial charge on any atom is -0.306 e. The predicted octanol–water partition coefficient (Wildman–Crippen LogP) is 2.04. The van der Waals surface area contributed by atoms with Crippen molar-refractivity contribution in [1.29, 1.82) is 0 Å². The van der Waals surface area contributed by atoms with Gasteiger partial charge in [0.2, 0.25) is 5.91 Å². The third kappa shape index (κ3) is 2.43. The molecule has 114 valence electrons. The van der Waals surface area contributed by atoms with Gasteiger partial charge in [-0.3, -0.25) is 14.5 Å². The Morgan fingerprint density at radius 2 is 2.00 bits per heavy atom. The van der Waals surface area contributed by atoms with Gasteiger partial charge in [0, 0.05) is 17.1 Å². The molecule has 4 amide bonds. The van der Waals surface area contributed by atoms with Gasteiger partial charge in [-0.2, -0.15) is 0 Å². The predicted molar refractivity (Wildman–Crippen MR) is 80.3 cm³/mol. The minimum atomic E-state index is -0.661. The summed E-state index contributed by atoms with van der Waals surface area (Å²) in [6.07, 6.45) is 0.686. The quantitative estimate of drug-likeness (QED) is 0.859. The van der Waals surface area contributed by atoms with Crippen molar-refractivity contribution in [2.45, 2.75) is 25.8 Å². The summed E-state index contributed by atoms with van der Waals surface area (Å²) in [4.78, 5) is 37.6. The summed E-state index contributed by atoms with van der Waals surface area (Å²) >= 11 is 5.78. The molecule has 0 radical (unpaired) electrons. The lowest BCUT2D eigenvalue weighted by molar-refractivity contribution is -0.137. The average molecular weight is 321 g/mol. The number of imide groups is 1. The van der Waals surface area contributed by atoms with Gasteiger partial charge in [0.05, 0.1) is 0 Å². The molecule has 1 unspecified atom stereocenters. The van der Waals surface area contributed by atoms with Crippen LogP contribution in [0.2, 0.25) is 5.02 Å². The van der Waals surface area contributed by atoms with Gasteiger partial charge >= 0.3 is 6.03 Å². The molecule has 1 atom stereocenters. The Bertz CT molecular complexity index is 686. The largest absolute Gasteiger partial charge is 0.349 e. The summed E-state index contributed by atoms with van der Waals surface area (Å²) in [5, 5.41) is 7.84. The second-order valence-corrected chi connectivity index (χ2v) is 5.49. The highest BCUT2D eigenvalue weighted by Crippen LogP contribution is 2.25. The van der Waals surface area contributed by atoms with E-state index >= 15 is 0 Å². The normalized spacial score (nSPS) is 20.8. The average Bonchev–Trinajstić information content (AvgIpc) is 2.88. The van der Waals surface area contributed by atoms with Crippen molar-refractivity contribution in [1.82, 2.24) is 9.91 Å². The number of hydrazone groups is 1. The van der Waals surface area contributed by atoms with E-state index in [1.165, 1.54) is 4.90 Å². The number of amides is 4. The van der Waals surface area contributed by atoms with Crippen LogP contribution in [-0.4, -0.2) is 39.6 Å².